The number of rotatable bonds is 10. The summed E-state index contributed by atoms with van der Waals surface area (Å²) in [5.74, 6) is -2.96. The van der Waals surface area contributed by atoms with Gasteiger partial charge in [-0.25, -0.2) is 4.39 Å². The largest absolute Gasteiger partial charge is 0.872 e. The molecule has 3 rings (SSSR count). The van der Waals surface area contributed by atoms with E-state index in [-0.39, 0.29) is 23.0 Å². The smallest absolute Gasteiger partial charge is 0.295 e. The summed E-state index contributed by atoms with van der Waals surface area (Å²) in [4.78, 5) is 29.0. The molecule has 0 saturated carbocycles. The molecule has 8 heteroatoms. The minimum atomic E-state index is -0.887. The van der Waals surface area contributed by atoms with Crippen molar-refractivity contribution in [1.29, 1.82) is 0 Å². The maximum Gasteiger partial charge on any atom is 0.295 e. The lowest BCUT2D eigenvalue weighted by molar-refractivity contribution is -0.896. The molecule has 0 spiro atoms. The van der Waals surface area contributed by atoms with Crippen molar-refractivity contribution in [2.24, 2.45) is 0 Å². The van der Waals surface area contributed by atoms with Gasteiger partial charge in [0, 0.05) is 23.6 Å². The first-order valence-electron chi connectivity index (χ1n) is 12.0. The number of Topliss-reactive ketones (excluding diaryl/α,β-unsaturated/α-hetero) is 1. The van der Waals surface area contributed by atoms with Gasteiger partial charge in [0.25, 0.3) is 5.91 Å². The summed E-state index contributed by atoms with van der Waals surface area (Å²) < 4.78 is 20.0. The number of nitrogens with one attached hydrogen (secondary N) is 1. The van der Waals surface area contributed by atoms with Crippen LogP contribution in [0.4, 0.5) is 4.39 Å². The van der Waals surface area contributed by atoms with Gasteiger partial charge in [0.2, 0.25) is 5.78 Å². The standard InChI is InChI=1S/C27H32ClFN2O4/c1-5-30(6-2)13-8-14-31-24(18-9-7-10-20(28)15-18)23(26(33)27(31)34)25(32)19-11-12-22(21(29)16-19)35-17(3)4/h7,9-12,15-17,24,32H,5-6,8,13-14H2,1-4H3. The SMILES string of the molecule is CC[NH+](CC)CCCN1C(=O)C(=O)C(=C([O-])c2ccc(OC(C)C)c(F)c2)C1c1cccc(Cl)c1. The Morgan fingerprint density at radius 3 is 2.49 bits per heavy atom. The number of quaternary nitrogens is 1. The van der Waals surface area contributed by atoms with E-state index in [9.17, 15) is 19.1 Å². The molecule has 1 atom stereocenters. The van der Waals surface area contributed by atoms with Crippen LogP contribution in [0, 0.1) is 5.82 Å². The number of hydrogen-bond acceptors (Lipinski definition) is 4. The number of nitrogens with zero attached hydrogens (tertiary/aromatic N) is 1. The second-order valence-corrected chi connectivity index (χ2v) is 9.34. The fourth-order valence-corrected chi connectivity index (χ4v) is 4.57. The summed E-state index contributed by atoms with van der Waals surface area (Å²) in [6.07, 6.45) is 0.429. The monoisotopic (exact) mass is 502 g/mol. The highest BCUT2D eigenvalue weighted by Crippen LogP contribution is 2.39. The molecule has 6 nitrogen and oxygen atoms in total. The second kappa shape index (κ2) is 11.7. The second-order valence-electron chi connectivity index (χ2n) is 8.90. The third kappa shape index (κ3) is 6.03. The normalized spacial score (nSPS) is 17.6. The average molecular weight is 503 g/mol. The van der Waals surface area contributed by atoms with Crippen LogP contribution in [0.5, 0.6) is 5.75 Å². The molecule has 1 aliphatic rings. The van der Waals surface area contributed by atoms with Crippen molar-refractivity contribution in [3.05, 3.63) is 70.0 Å². The van der Waals surface area contributed by atoms with Crippen LogP contribution in [0.3, 0.4) is 0 Å². The summed E-state index contributed by atoms with van der Waals surface area (Å²) in [6, 6.07) is 9.71. The van der Waals surface area contributed by atoms with E-state index >= 15 is 0 Å². The maximum absolute atomic E-state index is 14.6. The zero-order chi connectivity index (χ0) is 25.7. The molecule has 1 amide bonds. The van der Waals surface area contributed by atoms with Gasteiger partial charge < -0.3 is 19.6 Å². The van der Waals surface area contributed by atoms with E-state index in [1.54, 1.807) is 38.1 Å². The number of amides is 1. The molecular formula is C27H32ClFN2O4. The number of carbonyl (C=O) groups excluding carboxylic acids is 2. The Morgan fingerprint density at radius 2 is 1.89 bits per heavy atom. The summed E-state index contributed by atoms with van der Waals surface area (Å²) in [6.45, 7) is 10.8. The average Bonchev–Trinajstić information content (AvgIpc) is 3.07. The van der Waals surface area contributed by atoms with E-state index < -0.39 is 29.3 Å². The molecule has 1 heterocycles. The van der Waals surface area contributed by atoms with Gasteiger partial charge in [-0.05, 0) is 63.1 Å². The van der Waals surface area contributed by atoms with E-state index in [0.717, 1.165) is 25.7 Å². The predicted octanol–water partition coefficient (Wildman–Crippen LogP) is 2.81. The van der Waals surface area contributed by atoms with Gasteiger partial charge in [-0.3, -0.25) is 9.59 Å². The molecule has 0 aromatic heterocycles. The molecule has 0 radical (unpaired) electrons. The molecule has 0 bridgehead atoms. The van der Waals surface area contributed by atoms with E-state index in [2.05, 4.69) is 13.8 Å². The quantitative estimate of drug-likeness (QED) is 0.308. The van der Waals surface area contributed by atoms with Crippen molar-refractivity contribution in [3.8, 4) is 5.75 Å². The highest BCUT2D eigenvalue weighted by atomic mass is 35.5. The minimum absolute atomic E-state index is 0.0160. The first-order valence-corrected chi connectivity index (χ1v) is 12.4. The van der Waals surface area contributed by atoms with Crippen molar-refractivity contribution in [3.63, 3.8) is 0 Å². The number of halogens is 2. The summed E-state index contributed by atoms with van der Waals surface area (Å²) in [5, 5.41) is 13.9. The number of likely N-dealkylation sites (tertiary alicyclic amines) is 1. The van der Waals surface area contributed by atoms with Crippen molar-refractivity contribution < 1.29 is 28.7 Å². The zero-order valence-electron chi connectivity index (χ0n) is 20.6. The lowest BCUT2D eigenvalue weighted by Gasteiger charge is -2.28. The van der Waals surface area contributed by atoms with Gasteiger partial charge in [-0.1, -0.05) is 35.6 Å². The highest BCUT2D eigenvalue weighted by molar-refractivity contribution is 6.46. The molecule has 1 unspecified atom stereocenters. The van der Waals surface area contributed by atoms with Gasteiger partial charge in [0.05, 0.1) is 31.8 Å². The van der Waals surface area contributed by atoms with Crippen molar-refractivity contribution in [2.45, 2.75) is 46.3 Å². The lowest BCUT2D eigenvalue weighted by Crippen LogP contribution is -3.11. The minimum Gasteiger partial charge on any atom is -0.872 e. The summed E-state index contributed by atoms with van der Waals surface area (Å²) >= 11 is 6.20. The van der Waals surface area contributed by atoms with Crippen LogP contribution in [0.15, 0.2) is 48.0 Å². The summed E-state index contributed by atoms with van der Waals surface area (Å²) in [7, 11) is 0. The molecular weight excluding hydrogens is 471 g/mol. The Bertz CT molecular complexity index is 1110. The van der Waals surface area contributed by atoms with Gasteiger partial charge >= 0.3 is 0 Å². The van der Waals surface area contributed by atoms with E-state index in [0.29, 0.717) is 23.6 Å². The Labute approximate surface area is 210 Å². The topological polar surface area (TPSA) is 74.1 Å². The number of hydrogen-bond donors (Lipinski definition) is 1. The number of ketones is 1. The fraction of sp³-hybridized carbons (Fsp3) is 0.407. The third-order valence-electron chi connectivity index (χ3n) is 6.18. The molecule has 2 aromatic carbocycles. The Kier molecular flexibility index (Phi) is 8.92. The van der Waals surface area contributed by atoms with Crippen molar-refractivity contribution in [1.82, 2.24) is 4.90 Å². The highest BCUT2D eigenvalue weighted by Gasteiger charge is 2.44. The molecule has 1 N–H and O–H groups in total. The number of ether oxygens (including phenoxy) is 1. The van der Waals surface area contributed by atoms with Gasteiger partial charge in [-0.15, -0.1) is 0 Å². The molecule has 188 valence electrons. The van der Waals surface area contributed by atoms with Crippen LogP contribution >= 0.6 is 11.6 Å². The Morgan fingerprint density at radius 1 is 1.17 bits per heavy atom. The van der Waals surface area contributed by atoms with Gasteiger partial charge in [-0.2, -0.15) is 0 Å². The Balaban J connectivity index is 2.04. The van der Waals surface area contributed by atoms with Crippen LogP contribution in [0.2, 0.25) is 5.02 Å². The third-order valence-corrected chi connectivity index (χ3v) is 6.42. The molecule has 1 aliphatic heterocycles. The lowest BCUT2D eigenvalue weighted by atomic mass is 9.95. The van der Waals surface area contributed by atoms with Crippen LogP contribution in [-0.4, -0.2) is 48.9 Å². The van der Waals surface area contributed by atoms with E-state index in [1.807, 2.05) is 0 Å². The first kappa shape index (κ1) is 26.7. The molecule has 35 heavy (non-hydrogen) atoms. The van der Waals surface area contributed by atoms with Gasteiger partial charge in [0.15, 0.2) is 11.6 Å². The number of carbonyl (C=O) groups is 2. The van der Waals surface area contributed by atoms with Gasteiger partial charge in [0.1, 0.15) is 0 Å². The maximum atomic E-state index is 14.6. The van der Waals surface area contributed by atoms with E-state index in [4.69, 9.17) is 16.3 Å². The van der Waals surface area contributed by atoms with Crippen LogP contribution in [-0.2, 0) is 9.59 Å². The fourth-order valence-electron chi connectivity index (χ4n) is 4.37. The summed E-state index contributed by atoms with van der Waals surface area (Å²) in [5.41, 5.74) is 0.357. The molecule has 2 aromatic rings. The Hall–Kier alpha value is -2.90. The van der Waals surface area contributed by atoms with Crippen molar-refractivity contribution in [2.75, 3.05) is 26.2 Å². The molecule has 1 fully saturated rings. The van der Waals surface area contributed by atoms with E-state index in [1.165, 1.54) is 21.9 Å². The zero-order valence-corrected chi connectivity index (χ0v) is 21.3. The first-order chi connectivity index (χ1) is 16.7. The predicted molar refractivity (Wildman–Crippen MR) is 132 cm³/mol. The number of benzene rings is 2. The van der Waals surface area contributed by atoms with Crippen LogP contribution in [0.25, 0.3) is 5.76 Å². The van der Waals surface area contributed by atoms with Crippen LogP contribution in [0.1, 0.15) is 51.3 Å². The van der Waals surface area contributed by atoms with Crippen molar-refractivity contribution >= 4 is 29.1 Å². The molecule has 1 saturated heterocycles. The van der Waals surface area contributed by atoms with Crippen LogP contribution < -0.4 is 14.7 Å². The molecule has 0 aliphatic carbocycles.